The maximum absolute atomic E-state index is 13.4. The van der Waals surface area contributed by atoms with Gasteiger partial charge in [-0.3, -0.25) is 10.1 Å². The molecule has 6 heteroatoms. The van der Waals surface area contributed by atoms with Gasteiger partial charge in [0.05, 0.1) is 6.20 Å². The lowest BCUT2D eigenvalue weighted by Gasteiger charge is -2.56. The predicted molar refractivity (Wildman–Crippen MR) is 146 cm³/mol. The zero-order chi connectivity index (χ0) is 25.6. The number of amides is 1. The number of H-pyrrole nitrogens is 1. The van der Waals surface area contributed by atoms with Crippen LogP contribution in [0.4, 0.5) is 5.95 Å². The molecule has 0 spiro atoms. The summed E-state index contributed by atoms with van der Waals surface area (Å²) >= 11 is 0. The highest BCUT2D eigenvalue weighted by molar-refractivity contribution is 6.12. The molecule has 1 heterocycles. The fraction of sp³-hybridized carbons (Fsp3) is 0.548. The van der Waals surface area contributed by atoms with Crippen molar-refractivity contribution in [3.63, 3.8) is 0 Å². The number of imidazole rings is 1. The van der Waals surface area contributed by atoms with Gasteiger partial charge < -0.3 is 15.2 Å². The summed E-state index contributed by atoms with van der Waals surface area (Å²) in [6.45, 7) is 2.19. The van der Waals surface area contributed by atoms with Gasteiger partial charge in [0.2, 0.25) is 5.95 Å². The van der Waals surface area contributed by atoms with E-state index in [4.69, 9.17) is 0 Å². The van der Waals surface area contributed by atoms with E-state index in [-0.39, 0.29) is 22.5 Å². The summed E-state index contributed by atoms with van der Waals surface area (Å²) in [5.41, 5.74) is 1.93. The molecule has 196 valence electrons. The summed E-state index contributed by atoms with van der Waals surface area (Å²) in [5, 5.41) is 26.5. The number of hydrogen-bond donors (Lipinski definition) is 4. The van der Waals surface area contributed by atoms with Gasteiger partial charge in [-0.05, 0) is 74.5 Å². The zero-order valence-electron chi connectivity index (χ0n) is 21.9. The van der Waals surface area contributed by atoms with Gasteiger partial charge in [-0.2, -0.15) is 0 Å². The number of nitrogens with zero attached hydrogens (tertiary/aromatic N) is 1. The van der Waals surface area contributed by atoms with E-state index in [9.17, 15) is 15.0 Å². The molecule has 4 saturated carbocycles. The van der Waals surface area contributed by atoms with Crippen LogP contribution in [-0.2, 0) is 11.8 Å². The van der Waals surface area contributed by atoms with E-state index in [1.165, 1.54) is 51.4 Å². The quantitative estimate of drug-likeness (QED) is 0.233. The molecular weight excluding hydrogens is 462 g/mol. The number of rotatable bonds is 9. The van der Waals surface area contributed by atoms with E-state index in [0.717, 1.165) is 53.7 Å². The number of aromatic nitrogens is 2. The number of nitrogens with one attached hydrogen (secondary N) is 2. The Hall–Kier alpha value is -3.02. The largest absolute Gasteiger partial charge is 0.507 e. The normalized spacial score (nSPS) is 26.1. The standard InChI is InChI=1S/C31H39N3O3/c1-2-3-4-5-6-10-23-22-9-7-8-11-24(22)28(36)26(27(23)35)29(37)34-30-32-18-25(33-30)31-15-19-12-20(16-31)14-21(13-19)17-31/h7-9,11,18-21,35-36H,2-6,10,12-17H2,1H3,(H2,32,33,34,37). The Morgan fingerprint density at radius 2 is 1.62 bits per heavy atom. The Bertz CT molecular complexity index is 1280. The average molecular weight is 502 g/mol. The third-order valence-corrected chi connectivity index (χ3v) is 9.44. The molecule has 0 unspecified atom stereocenters. The Kier molecular flexibility index (Phi) is 6.37. The summed E-state index contributed by atoms with van der Waals surface area (Å²) in [4.78, 5) is 21.4. The molecule has 4 aliphatic carbocycles. The molecule has 3 aromatic rings. The van der Waals surface area contributed by atoms with Crippen LogP contribution >= 0.6 is 0 Å². The number of aromatic amines is 1. The first kappa shape index (κ1) is 24.3. The first-order valence-corrected chi connectivity index (χ1v) is 14.3. The lowest BCUT2D eigenvalue weighted by atomic mass is 9.49. The maximum atomic E-state index is 13.4. The van der Waals surface area contributed by atoms with Gasteiger partial charge in [-0.15, -0.1) is 0 Å². The average Bonchev–Trinajstić information content (AvgIpc) is 3.34. The minimum absolute atomic E-state index is 0.0741. The Labute approximate surface area is 218 Å². The van der Waals surface area contributed by atoms with Crippen LogP contribution in [-0.4, -0.2) is 26.1 Å². The lowest BCUT2D eigenvalue weighted by molar-refractivity contribution is -0.00698. The molecule has 4 fully saturated rings. The van der Waals surface area contributed by atoms with Gasteiger partial charge in [0.1, 0.15) is 17.1 Å². The molecule has 0 atom stereocenters. The summed E-state index contributed by atoms with van der Waals surface area (Å²) in [7, 11) is 0. The van der Waals surface area contributed by atoms with Gasteiger partial charge >= 0.3 is 0 Å². The van der Waals surface area contributed by atoms with Crippen molar-refractivity contribution in [1.29, 1.82) is 0 Å². The third-order valence-electron chi connectivity index (χ3n) is 9.44. The summed E-state index contributed by atoms with van der Waals surface area (Å²) < 4.78 is 0. The molecule has 1 aromatic heterocycles. The van der Waals surface area contributed by atoms with Crippen LogP contribution in [0.1, 0.15) is 99.2 Å². The molecule has 37 heavy (non-hydrogen) atoms. The number of aromatic hydroxyl groups is 2. The third kappa shape index (κ3) is 4.38. The molecule has 1 amide bonds. The summed E-state index contributed by atoms with van der Waals surface area (Å²) in [6.07, 6.45) is 15.8. The van der Waals surface area contributed by atoms with Crippen LogP contribution in [0, 0.1) is 17.8 Å². The van der Waals surface area contributed by atoms with Gasteiger partial charge in [0.25, 0.3) is 5.91 Å². The van der Waals surface area contributed by atoms with E-state index >= 15 is 0 Å². The molecule has 6 nitrogen and oxygen atoms in total. The molecule has 4 aliphatic rings. The second-order valence-electron chi connectivity index (χ2n) is 12.1. The van der Waals surface area contributed by atoms with Crippen molar-refractivity contribution in [3.05, 3.63) is 47.3 Å². The molecule has 0 saturated heterocycles. The first-order valence-electron chi connectivity index (χ1n) is 14.3. The smallest absolute Gasteiger partial charge is 0.265 e. The van der Waals surface area contributed by atoms with Gasteiger partial charge in [-0.25, -0.2) is 4.98 Å². The van der Waals surface area contributed by atoms with E-state index < -0.39 is 5.91 Å². The maximum Gasteiger partial charge on any atom is 0.265 e. The number of carbonyl (C=O) groups is 1. The second kappa shape index (κ2) is 9.70. The van der Waals surface area contributed by atoms with Crippen molar-refractivity contribution >= 4 is 22.6 Å². The molecule has 0 radical (unpaired) electrons. The fourth-order valence-corrected chi connectivity index (χ4v) is 8.12. The van der Waals surface area contributed by atoms with Crippen molar-refractivity contribution in [2.24, 2.45) is 17.8 Å². The van der Waals surface area contributed by atoms with Gasteiger partial charge in [-0.1, -0.05) is 56.9 Å². The van der Waals surface area contributed by atoms with Crippen molar-refractivity contribution in [2.45, 2.75) is 89.4 Å². The first-order chi connectivity index (χ1) is 18.0. The van der Waals surface area contributed by atoms with Gasteiger partial charge in [0, 0.05) is 22.1 Å². The number of benzene rings is 2. The topological polar surface area (TPSA) is 98.2 Å². The number of phenols is 2. The molecule has 4 bridgehead atoms. The Morgan fingerprint density at radius 1 is 0.973 bits per heavy atom. The number of phenolic OH excluding ortho intramolecular Hbond substituents is 2. The summed E-state index contributed by atoms with van der Waals surface area (Å²) in [5.74, 6) is 1.98. The van der Waals surface area contributed by atoms with Crippen LogP contribution in [0.25, 0.3) is 10.8 Å². The van der Waals surface area contributed by atoms with Crippen LogP contribution < -0.4 is 5.32 Å². The highest BCUT2D eigenvalue weighted by Crippen LogP contribution is 2.60. The number of aryl methyl sites for hydroxylation is 1. The van der Waals surface area contributed by atoms with Gasteiger partial charge in [0.15, 0.2) is 0 Å². The SMILES string of the molecule is CCCCCCCc1c(O)c(C(=O)Nc2ncc(C34CC5CC(CC(C5)C3)C4)[nH]2)c(O)c2ccccc12. The van der Waals surface area contributed by atoms with E-state index in [2.05, 4.69) is 22.2 Å². The van der Waals surface area contributed by atoms with Crippen LogP contribution in [0.2, 0.25) is 0 Å². The van der Waals surface area contributed by atoms with E-state index in [0.29, 0.717) is 17.8 Å². The fourth-order valence-electron chi connectivity index (χ4n) is 8.12. The molecule has 7 rings (SSSR count). The van der Waals surface area contributed by atoms with E-state index in [1.54, 1.807) is 6.07 Å². The molecule has 0 aliphatic heterocycles. The van der Waals surface area contributed by atoms with E-state index in [1.807, 2.05) is 24.4 Å². The molecule has 2 aromatic carbocycles. The number of carbonyl (C=O) groups excluding carboxylic acids is 1. The van der Waals surface area contributed by atoms with Crippen molar-refractivity contribution < 1.29 is 15.0 Å². The Morgan fingerprint density at radius 3 is 2.30 bits per heavy atom. The molecule has 4 N–H and O–H groups in total. The monoisotopic (exact) mass is 501 g/mol. The minimum atomic E-state index is -0.542. The minimum Gasteiger partial charge on any atom is -0.507 e. The molecular formula is C31H39N3O3. The van der Waals surface area contributed by atoms with Crippen LogP contribution in [0.15, 0.2) is 30.5 Å². The van der Waals surface area contributed by atoms with Crippen molar-refractivity contribution in [3.8, 4) is 11.5 Å². The number of anilines is 1. The number of hydrogen-bond acceptors (Lipinski definition) is 4. The predicted octanol–water partition coefficient (Wildman–Crippen LogP) is 7.21. The number of unbranched alkanes of at least 4 members (excludes halogenated alkanes) is 4. The van der Waals surface area contributed by atoms with Crippen LogP contribution in [0.5, 0.6) is 11.5 Å². The van der Waals surface area contributed by atoms with Crippen LogP contribution in [0.3, 0.4) is 0 Å². The number of fused-ring (bicyclic) bond motifs is 1. The Balaban J connectivity index is 1.25. The highest BCUT2D eigenvalue weighted by Gasteiger charge is 2.52. The highest BCUT2D eigenvalue weighted by atomic mass is 16.3. The summed E-state index contributed by atoms with van der Waals surface area (Å²) in [6, 6.07) is 7.45. The zero-order valence-corrected chi connectivity index (χ0v) is 21.9. The van der Waals surface area contributed by atoms with Crippen molar-refractivity contribution in [2.75, 3.05) is 5.32 Å². The lowest BCUT2D eigenvalue weighted by Crippen LogP contribution is -2.48. The second-order valence-corrected chi connectivity index (χ2v) is 12.1. The van der Waals surface area contributed by atoms with Crippen molar-refractivity contribution in [1.82, 2.24) is 9.97 Å².